The zero-order chi connectivity index (χ0) is 16.4. The SMILES string of the molecule is C[NH+](CC(=O)N[C@](C)(C#N)C1CC1)Cc1ccc2c(c1)OCO2. The fraction of sp³-hybridized carbons (Fsp3) is 0.529. The van der Waals surface area contributed by atoms with Gasteiger partial charge in [0.2, 0.25) is 6.79 Å². The van der Waals surface area contributed by atoms with Gasteiger partial charge in [-0.15, -0.1) is 0 Å². The molecule has 0 bridgehead atoms. The van der Waals surface area contributed by atoms with Crippen LogP contribution < -0.4 is 19.7 Å². The molecule has 0 saturated heterocycles. The lowest BCUT2D eigenvalue weighted by Crippen LogP contribution is -3.09. The highest BCUT2D eigenvalue weighted by Crippen LogP contribution is 2.39. The van der Waals surface area contributed by atoms with Crippen LogP contribution in [0.25, 0.3) is 0 Å². The maximum Gasteiger partial charge on any atom is 0.276 e. The van der Waals surface area contributed by atoms with Gasteiger partial charge in [-0.1, -0.05) is 0 Å². The summed E-state index contributed by atoms with van der Waals surface area (Å²) in [6.45, 7) is 3.11. The second-order valence-corrected chi connectivity index (χ2v) is 6.63. The van der Waals surface area contributed by atoms with Crippen molar-refractivity contribution in [2.24, 2.45) is 5.92 Å². The third-order valence-electron chi connectivity index (χ3n) is 4.43. The normalized spacial score (nSPS) is 19.5. The molecule has 2 N–H and O–H groups in total. The van der Waals surface area contributed by atoms with Gasteiger partial charge in [0.25, 0.3) is 5.91 Å². The van der Waals surface area contributed by atoms with Crippen molar-refractivity contribution in [2.75, 3.05) is 20.4 Å². The highest BCUT2D eigenvalue weighted by Gasteiger charge is 2.43. The molecule has 1 amide bonds. The Balaban J connectivity index is 1.53. The van der Waals surface area contributed by atoms with E-state index in [9.17, 15) is 10.1 Å². The van der Waals surface area contributed by atoms with Gasteiger partial charge in [0.05, 0.1) is 13.1 Å². The molecule has 0 spiro atoms. The standard InChI is InChI=1S/C17H21N3O3/c1-17(10-18,13-4-5-13)19-16(21)9-20(2)8-12-3-6-14-15(7-12)23-11-22-14/h3,6-7,13H,4-5,8-9,11H2,1-2H3,(H,19,21)/p+1/t17-/m1/s1. The third-order valence-corrected chi connectivity index (χ3v) is 4.43. The first-order chi connectivity index (χ1) is 11.0. The molecule has 1 aliphatic heterocycles. The van der Waals surface area contributed by atoms with E-state index in [2.05, 4.69) is 11.4 Å². The topological polar surface area (TPSA) is 75.8 Å². The fourth-order valence-corrected chi connectivity index (χ4v) is 2.95. The van der Waals surface area contributed by atoms with Crippen LogP contribution in [0.2, 0.25) is 0 Å². The molecule has 1 aliphatic carbocycles. The molecular weight excluding hydrogens is 294 g/mol. The van der Waals surface area contributed by atoms with Gasteiger partial charge in [-0.2, -0.15) is 5.26 Å². The minimum atomic E-state index is -0.726. The van der Waals surface area contributed by atoms with Gasteiger partial charge in [-0.05, 0) is 43.9 Å². The number of ether oxygens (including phenoxy) is 2. The first-order valence-electron chi connectivity index (χ1n) is 7.92. The number of carbonyl (C=O) groups is 1. The summed E-state index contributed by atoms with van der Waals surface area (Å²) < 4.78 is 10.7. The highest BCUT2D eigenvalue weighted by molar-refractivity contribution is 5.78. The van der Waals surface area contributed by atoms with Gasteiger partial charge in [0.15, 0.2) is 18.0 Å². The Hall–Kier alpha value is -2.26. The number of carbonyl (C=O) groups excluding carboxylic acids is 1. The summed E-state index contributed by atoms with van der Waals surface area (Å²) >= 11 is 0. The van der Waals surface area contributed by atoms with Crippen molar-refractivity contribution in [3.8, 4) is 17.6 Å². The largest absolute Gasteiger partial charge is 0.454 e. The van der Waals surface area contributed by atoms with Crippen molar-refractivity contribution in [3.63, 3.8) is 0 Å². The lowest BCUT2D eigenvalue weighted by molar-refractivity contribution is -0.885. The molecule has 0 aromatic heterocycles. The maximum atomic E-state index is 12.2. The molecular formula is C17H22N3O3+. The van der Waals surface area contributed by atoms with E-state index in [-0.39, 0.29) is 12.7 Å². The minimum Gasteiger partial charge on any atom is -0.454 e. The smallest absolute Gasteiger partial charge is 0.276 e. The predicted octanol–water partition coefficient (Wildman–Crippen LogP) is 0.238. The Morgan fingerprint density at radius 3 is 2.87 bits per heavy atom. The summed E-state index contributed by atoms with van der Waals surface area (Å²) in [5.74, 6) is 1.73. The number of nitrogens with one attached hydrogen (secondary N) is 2. The quantitative estimate of drug-likeness (QED) is 0.788. The van der Waals surface area contributed by atoms with E-state index < -0.39 is 5.54 Å². The van der Waals surface area contributed by atoms with Crippen LogP contribution in [-0.2, 0) is 11.3 Å². The number of hydrogen-bond acceptors (Lipinski definition) is 4. The lowest BCUT2D eigenvalue weighted by Gasteiger charge is -2.23. The van der Waals surface area contributed by atoms with E-state index >= 15 is 0 Å². The van der Waals surface area contributed by atoms with E-state index in [1.165, 1.54) is 0 Å². The first-order valence-corrected chi connectivity index (χ1v) is 7.92. The van der Waals surface area contributed by atoms with E-state index in [0.29, 0.717) is 19.0 Å². The summed E-state index contributed by atoms with van der Waals surface area (Å²) in [5.41, 5.74) is 0.362. The van der Waals surface area contributed by atoms with Crippen LogP contribution in [0.15, 0.2) is 18.2 Å². The van der Waals surface area contributed by atoms with E-state index in [1.807, 2.05) is 32.2 Å². The van der Waals surface area contributed by atoms with Crippen molar-refractivity contribution in [2.45, 2.75) is 31.8 Å². The number of quaternary nitrogens is 1. The molecule has 1 saturated carbocycles. The number of benzene rings is 1. The highest BCUT2D eigenvalue weighted by atomic mass is 16.7. The molecule has 1 unspecified atom stereocenters. The Labute approximate surface area is 136 Å². The van der Waals surface area contributed by atoms with E-state index in [4.69, 9.17) is 9.47 Å². The predicted molar refractivity (Wildman–Crippen MR) is 82.9 cm³/mol. The van der Waals surface area contributed by atoms with Crippen LogP contribution in [-0.4, -0.2) is 31.8 Å². The van der Waals surface area contributed by atoms with Crippen LogP contribution in [0, 0.1) is 17.2 Å². The first kappa shape index (κ1) is 15.6. The summed E-state index contributed by atoms with van der Waals surface area (Å²) in [6.07, 6.45) is 2.04. The maximum absolute atomic E-state index is 12.2. The molecule has 122 valence electrons. The number of hydrogen-bond donors (Lipinski definition) is 2. The zero-order valence-electron chi connectivity index (χ0n) is 13.5. The van der Waals surface area contributed by atoms with Crippen LogP contribution in [0.5, 0.6) is 11.5 Å². The van der Waals surface area contributed by atoms with Gasteiger partial charge in [0, 0.05) is 5.56 Å². The Bertz CT molecular complexity index is 651. The second-order valence-electron chi connectivity index (χ2n) is 6.63. The third kappa shape index (κ3) is 3.57. The summed E-state index contributed by atoms with van der Waals surface area (Å²) in [5, 5.41) is 12.2. The summed E-state index contributed by atoms with van der Waals surface area (Å²) in [4.78, 5) is 13.3. The van der Waals surface area contributed by atoms with Crippen LogP contribution in [0.4, 0.5) is 0 Å². The molecule has 1 heterocycles. The number of likely N-dealkylation sites (N-methyl/N-ethyl adjacent to an activating group) is 1. The van der Waals surface area contributed by atoms with Crippen LogP contribution >= 0.6 is 0 Å². The van der Waals surface area contributed by atoms with Gasteiger partial charge in [0.1, 0.15) is 12.1 Å². The number of nitriles is 1. The van der Waals surface area contributed by atoms with Crippen molar-refractivity contribution in [3.05, 3.63) is 23.8 Å². The zero-order valence-corrected chi connectivity index (χ0v) is 13.5. The summed E-state index contributed by atoms with van der Waals surface area (Å²) in [7, 11) is 1.96. The lowest BCUT2D eigenvalue weighted by atomic mass is 9.98. The second kappa shape index (κ2) is 6.09. The number of nitrogens with zero attached hydrogens (tertiary/aromatic N) is 1. The summed E-state index contributed by atoms with van der Waals surface area (Å²) in [6, 6.07) is 8.08. The van der Waals surface area contributed by atoms with Crippen molar-refractivity contribution < 1.29 is 19.2 Å². The van der Waals surface area contributed by atoms with Gasteiger partial charge < -0.3 is 19.7 Å². The molecule has 1 fully saturated rings. The molecule has 1 aromatic rings. The fourth-order valence-electron chi connectivity index (χ4n) is 2.95. The van der Waals surface area contributed by atoms with Crippen LogP contribution in [0.1, 0.15) is 25.3 Å². The average molecular weight is 316 g/mol. The Morgan fingerprint density at radius 1 is 1.43 bits per heavy atom. The Kier molecular flexibility index (Phi) is 4.14. The number of rotatable bonds is 6. The molecule has 2 atom stereocenters. The molecule has 0 radical (unpaired) electrons. The van der Waals surface area contributed by atoms with Crippen molar-refractivity contribution in [1.82, 2.24) is 5.32 Å². The van der Waals surface area contributed by atoms with Gasteiger partial charge in [-0.25, -0.2) is 0 Å². The minimum absolute atomic E-state index is 0.0841. The number of amides is 1. The van der Waals surface area contributed by atoms with E-state index in [1.54, 1.807) is 0 Å². The average Bonchev–Trinajstić information content (AvgIpc) is 3.26. The molecule has 1 aromatic carbocycles. The molecule has 2 aliphatic rings. The molecule has 23 heavy (non-hydrogen) atoms. The molecule has 3 rings (SSSR count). The van der Waals surface area contributed by atoms with Gasteiger partial charge in [-0.3, -0.25) is 4.79 Å². The van der Waals surface area contributed by atoms with Crippen molar-refractivity contribution >= 4 is 5.91 Å². The van der Waals surface area contributed by atoms with Crippen LogP contribution in [0.3, 0.4) is 0 Å². The Morgan fingerprint density at radius 2 is 2.17 bits per heavy atom. The monoisotopic (exact) mass is 316 g/mol. The number of fused-ring (bicyclic) bond motifs is 1. The van der Waals surface area contributed by atoms with Crippen molar-refractivity contribution in [1.29, 1.82) is 5.26 Å². The van der Waals surface area contributed by atoms with E-state index in [0.717, 1.165) is 34.8 Å². The van der Waals surface area contributed by atoms with Gasteiger partial charge >= 0.3 is 0 Å². The molecule has 6 nitrogen and oxygen atoms in total. The molecule has 6 heteroatoms.